The Morgan fingerprint density at radius 2 is 2.15 bits per heavy atom. The average Bonchev–Trinajstić information content (AvgIpc) is 2.59. The summed E-state index contributed by atoms with van der Waals surface area (Å²) in [6.45, 7) is 2.90. The molecular weight excluding hydrogens is 178 g/mol. The van der Waals surface area contributed by atoms with Crippen LogP contribution in [0.25, 0.3) is 10.1 Å². The second-order valence-corrected chi connectivity index (χ2v) is 4.44. The summed E-state index contributed by atoms with van der Waals surface area (Å²) in [6, 6.07) is 10.7. The molecule has 2 rings (SSSR count). The second kappa shape index (κ2) is 3.48. The third-order valence-corrected chi connectivity index (χ3v) is 3.63. The zero-order valence-electron chi connectivity index (χ0n) is 7.66. The number of benzene rings is 1. The first kappa shape index (κ1) is 8.73. The summed E-state index contributed by atoms with van der Waals surface area (Å²) >= 11 is 1.85. The smallest absolute Gasteiger partial charge is 0.0345 e. The van der Waals surface area contributed by atoms with Crippen molar-refractivity contribution in [1.82, 2.24) is 0 Å². The van der Waals surface area contributed by atoms with Gasteiger partial charge in [0.15, 0.2) is 0 Å². The van der Waals surface area contributed by atoms with Gasteiger partial charge in [0.1, 0.15) is 0 Å². The van der Waals surface area contributed by atoms with E-state index in [-0.39, 0.29) is 0 Å². The number of nitrogens with two attached hydrogens (primary N) is 1. The third kappa shape index (κ3) is 1.60. The van der Waals surface area contributed by atoms with Crippen molar-refractivity contribution in [3.8, 4) is 0 Å². The van der Waals surface area contributed by atoms with Crippen LogP contribution in [0.3, 0.4) is 0 Å². The lowest BCUT2D eigenvalue weighted by Gasteiger charge is -2.02. The fraction of sp³-hybridized carbons (Fsp3) is 0.273. The molecule has 0 amide bonds. The van der Waals surface area contributed by atoms with Gasteiger partial charge in [0.05, 0.1) is 0 Å². The SMILES string of the molecule is CC(CN)c1cc2ccccc2s1. The predicted molar refractivity (Wildman–Crippen MR) is 59.3 cm³/mol. The van der Waals surface area contributed by atoms with Crippen molar-refractivity contribution in [3.05, 3.63) is 35.2 Å². The summed E-state index contributed by atoms with van der Waals surface area (Å²) in [5.74, 6) is 0.484. The summed E-state index contributed by atoms with van der Waals surface area (Å²) in [5.41, 5.74) is 5.63. The number of thiophene rings is 1. The Morgan fingerprint density at radius 1 is 1.38 bits per heavy atom. The first-order valence-electron chi connectivity index (χ1n) is 4.50. The highest BCUT2D eigenvalue weighted by Crippen LogP contribution is 2.29. The largest absolute Gasteiger partial charge is 0.330 e. The van der Waals surface area contributed by atoms with E-state index in [1.165, 1.54) is 15.0 Å². The zero-order chi connectivity index (χ0) is 9.26. The van der Waals surface area contributed by atoms with Crippen LogP contribution < -0.4 is 5.73 Å². The number of fused-ring (bicyclic) bond motifs is 1. The highest BCUT2D eigenvalue weighted by atomic mass is 32.1. The van der Waals surface area contributed by atoms with E-state index < -0.39 is 0 Å². The molecule has 1 aromatic heterocycles. The standard InChI is InChI=1S/C11H13NS/c1-8(7-12)11-6-9-4-2-3-5-10(9)13-11/h2-6,8H,7,12H2,1H3. The van der Waals surface area contributed by atoms with Crippen LogP contribution in [-0.2, 0) is 0 Å². The van der Waals surface area contributed by atoms with Crippen molar-refractivity contribution in [3.63, 3.8) is 0 Å². The molecule has 0 saturated heterocycles. The van der Waals surface area contributed by atoms with E-state index in [0.29, 0.717) is 5.92 Å². The molecule has 2 heteroatoms. The van der Waals surface area contributed by atoms with Crippen molar-refractivity contribution >= 4 is 21.4 Å². The van der Waals surface area contributed by atoms with Gasteiger partial charge in [-0.25, -0.2) is 0 Å². The van der Waals surface area contributed by atoms with Crippen LogP contribution in [-0.4, -0.2) is 6.54 Å². The lowest BCUT2D eigenvalue weighted by molar-refractivity contribution is 0.790. The fourth-order valence-electron chi connectivity index (χ4n) is 1.36. The lowest BCUT2D eigenvalue weighted by Crippen LogP contribution is -2.06. The molecule has 0 fully saturated rings. The van der Waals surface area contributed by atoms with Crippen molar-refractivity contribution in [2.24, 2.45) is 5.73 Å². The Morgan fingerprint density at radius 3 is 2.85 bits per heavy atom. The average molecular weight is 191 g/mol. The number of hydrogen-bond donors (Lipinski definition) is 1. The molecule has 1 atom stereocenters. The van der Waals surface area contributed by atoms with E-state index in [1.54, 1.807) is 0 Å². The Hall–Kier alpha value is -0.860. The fourth-order valence-corrected chi connectivity index (χ4v) is 2.49. The number of hydrogen-bond acceptors (Lipinski definition) is 2. The highest BCUT2D eigenvalue weighted by Gasteiger charge is 2.06. The van der Waals surface area contributed by atoms with Gasteiger partial charge in [-0.15, -0.1) is 11.3 Å². The maximum atomic E-state index is 5.63. The molecule has 1 nitrogen and oxygen atoms in total. The molecule has 1 heterocycles. The van der Waals surface area contributed by atoms with Crippen LogP contribution in [0, 0.1) is 0 Å². The quantitative estimate of drug-likeness (QED) is 0.776. The second-order valence-electron chi connectivity index (χ2n) is 3.32. The molecule has 0 radical (unpaired) electrons. The van der Waals surface area contributed by atoms with Crippen LogP contribution in [0.2, 0.25) is 0 Å². The maximum absolute atomic E-state index is 5.63. The van der Waals surface area contributed by atoms with Crippen LogP contribution >= 0.6 is 11.3 Å². The normalized spacial score (nSPS) is 13.4. The van der Waals surface area contributed by atoms with Crippen LogP contribution in [0.15, 0.2) is 30.3 Å². The molecular formula is C11H13NS. The molecule has 68 valence electrons. The lowest BCUT2D eigenvalue weighted by atomic mass is 10.1. The van der Waals surface area contributed by atoms with Gasteiger partial charge in [0.25, 0.3) is 0 Å². The zero-order valence-corrected chi connectivity index (χ0v) is 8.47. The molecule has 0 aliphatic rings. The Labute approximate surface area is 82.2 Å². The van der Waals surface area contributed by atoms with Gasteiger partial charge in [-0.1, -0.05) is 25.1 Å². The number of rotatable bonds is 2. The first-order chi connectivity index (χ1) is 6.31. The van der Waals surface area contributed by atoms with Crippen molar-refractivity contribution in [2.45, 2.75) is 12.8 Å². The van der Waals surface area contributed by atoms with Crippen LogP contribution in [0.5, 0.6) is 0 Å². The van der Waals surface area contributed by atoms with Gasteiger partial charge >= 0.3 is 0 Å². The van der Waals surface area contributed by atoms with Crippen LogP contribution in [0.4, 0.5) is 0 Å². The highest BCUT2D eigenvalue weighted by molar-refractivity contribution is 7.19. The Kier molecular flexibility index (Phi) is 2.34. The summed E-state index contributed by atoms with van der Waals surface area (Å²) in [7, 11) is 0. The Bertz CT molecular complexity index is 372. The minimum atomic E-state index is 0.484. The molecule has 0 spiro atoms. The van der Waals surface area contributed by atoms with E-state index in [1.807, 2.05) is 11.3 Å². The van der Waals surface area contributed by atoms with Gasteiger partial charge in [0.2, 0.25) is 0 Å². The van der Waals surface area contributed by atoms with Gasteiger partial charge < -0.3 is 5.73 Å². The molecule has 0 aliphatic carbocycles. The monoisotopic (exact) mass is 191 g/mol. The minimum Gasteiger partial charge on any atom is -0.330 e. The van der Waals surface area contributed by atoms with Gasteiger partial charge in [-0.05, 0) is 24.1 Å². The summed E-state index contributed by atoms with van der Waals surface area (Å²) in [5, 5.41) is 1.34. The molecule has 0 aliphatic heterocycles. The first-order valence-corrected chi connectivity index (χ1v) is 5.31. The molecule has 0 saturated carbocycles. The van der Waals surface area contributed by atoms with Crippen molar-refractivity contribution in [2.75, 3.05) is 6.54 Å². The van der Waals surface area contributed by atoms with E-state index in [2.05, 4.69) is 37.3 Å². The summed E-state index contributed by atoms with van der Waals surface area (Å²) < 4.78 is 1.36. The molecule has 1 aromatic carbocycles. The van der Waals surface area contributed by atoms with Crippen LogP contribution in [0.1, 0.15) is 17.7 Å². The van der Waals surface area contributed by atoms with E-state index in [0.717, 1.165) is 6.54 Å². The topological polar surface area (TPSA) is 26.0 Å². The van der Waals surface area contributed by atoms with Crippen molar-refractivity contribution in [1.29, 1.82) is 0 Å². The van der Waals surface area contributed by atoms with Gasteiger partial charge in [0, 0.05) is 15.5 Å². The van der Waals surface area contributed by atoms with Gasteiger partial charge in [-0.2, -0.15) is 0 Å². The predicted octanol–water partition coefficient (Wildman–Crippen LogP) is 2.96. The molecule has 2 N–H and O–H groups in total. The Balaban J connectivity index is 2.49. The molecule has 1 unspecified atom stereocenters. The summed E-state index contributed by atoms with van der Waals surface area (Å²) in [4.78, 5) is 1.39. The molecule has 13 heavy (non-hydrogen) atoms. The van der Waals surface area contributed by atoms with E-state index in [9.17, 15) is 0 Å². The maximum Gasteiger partial charge on any atom is 0.0345 e. The minimum absolute atomic E-state index is 0.484. The molecule has 0 bridgehead atoms. The van der Waals surface area contributed by atoms with E-state index >= 15 is 0 Å². The van der Waals surface area contributed by atoms with E-state index in [4.69, 9.17) is 5.73 Å². The van der Waals surface area contributed by atoms with Gasteiger partial charge in [-0.3, -0.25) is 0 Å². The third-order valence-electron chi connectivity index (χ3n) is 2.28. The molecule has 2 aromatic rings. The van der Waals surface area contributed by atoms with Crippen molar-refractivity contribution < 1.29 is 0 Å². The summed E-state index contributed by atoms with van der Waals surface area (Å²) in [6.07, 6.45) is 0.